The minimum atomic E-state index is -0.372. The summed E-state index contributed by atoms with van der Waals surface area (Å²) in [6.07, 6.45) is 18.4. The number of allylic oxidation sites excluding steroid dienone is 6. The molecule has 7 rings (SSSR count). The molecule has 0 saturated carbocycles. The van der Waals surface area contributed by atoms with Gasteiger partial charge in [-0.3, -0.25) is 0 Å². The van der Waals surface area contributed by atoms with Crippen molar-refractivity contribution in [3.8, 4) is 22.3 Å². The van der Waals surface area contributed by atoms with E-state index in [-0.39, 0.29) is 6.04 Å². The van der Waals surface area contributed by atoms with Crippen molar-refractivity contribution in [2.24, 2.45) is 11.5 Å². The van der Waals surface area contributed by atoms with E-state index in [1.807, 2.05) is 67.6 Å². The molecule has 5 aromatic carbocycles. The molecular weight excluding hydrogens is 597 g/mol. The fourth-order valence-electron chi connectivity index (χ4n) is 6.46. The molecule has 0 bridgehead atoms. The van der Waals surface area contributed by atoms with E-state index in [9.17, 15) is 0 Å². The Morgan fingerprint density at radius 1 is 0.755 bits per heavy atom. The Morgan fingerprint density at radius 2 is 1.43 bits per heavy atom. The van der Waals surface area contributed by atoms with Crippen molar-refractivity contribution in [2.45, 2.75) is 13.0 Å². The maximum Gasteiger partial charge on any atom is 0.219 e. The van der Waals surface area contributed by atoms with Gasteiger partial charge in [0, 0.05) is 41.4 Å². The quantitative estimate of drug-likeness (QED) is 0.136. The minimum absolute atomic E-state index is 0.372. The number of hydrogen-bond acceptors (Lipinski definition) is 3. The summed E-state index contributed by atoms with van der Waals surface area (Å²) in [5.41, 5.74) is 26.8. The van der Waals surface area contributed by atoms with Crippen molar-refractivity contribution < 1.29 is 0 Å². The molecule has 1 unspecified atom stereocenters. The summed E-state index contributed by atoms with van der Waals surface area (Å²) in [6, 6.07) is 41.9. The molecule has 0 spiro atoms. The molecule has 0 aliphatic carbocycles. The molecule has 4 N–H and O–H groups in total. The van der Waals surface area contributed by atoms with Gasteiger partial charge in [0.05, 0.1) is 22.9 Å². The molecule has 2 aliphatic rings. The highest BCUT2D eigenvalue weighted by Crippen LogP contribution is 2.46. The van der Waals surface area contributed by atoms with Crippen molar-refractivity contribution in [2.75, 3.05) is 4.90 Å². The van der Waals surface area contributed by atoms with Crippen LogP contribution in [0.5, 0.6) is 0 Å². The van der Waals surface area contributed by atoms with E-state index in [0.717, 1.165) is 56.1 Å². The zero-order valence-electron chi connectivity index (χ0n) is 27.6. The molecule has 238 valence electrons. The van der Waals surface area contributed by atoms with Crippen LogP contribution in [0.1, 0.15) is 18.1 Å². The van der Waals surface area contributed by atoms with Crippen LogP contribution in [0.4, 0.5) is 22.7 Å². The van der Waals surface area contributed by atoms with Gasteiger partial charge in [0.1, 0.15) is 0 Å². The first kappa shape index (κ1) is 31.4. The van der Waals surface area contributed by atoms with Crippen LogP contribution in [-0.2, 0) is 0 Å². The molecule has 4 heteroatoms. The zero-order valence-corrected chi connectivity index (χ0v) is 27.6. The van der Waals surface area contributed by atoms with Crippen molar-refractivity contribution >= 4 is 40.2 Å². The van der Waals surface area contributed by atoms with Crippen molar-refractivity contribution in [1.29, 1.82) is 0 Å². The first-order valence-corrected chi connectivity index (χ1v) is 16.5. The average molecular weight is 636 g/mol. The molecule has 0 radical (unpaired) electrons. The van der Waals surface area contributed by atoms with E-state index in [2.05, 4.69) is 132 Å². The predicted octanol–water partition coefficient (Wildman–Crippen LogP) is 10.3. The van der Waals surface area contributed by atoms with E-state index < -0.39 is 0 Å². The third-order valence-electron chi connectivity index (χ3n) is 8.95. The molecule has 0 aromatic heterocycles. The van der Waals surface area contributed by atoms with Crippen molar-refractivity contribution in [3.63, 3.8) is 0 Å². The van der Waals surface area contributed by atoms with Crippen molar-refractivity contribution in [1.82, 2.24) is 4.58 Å². The molecular formula is C45H39N4+. The van der Waals surface area contributed by atoms with Crippen LogP contribution >= 0.6 is 0 Å². The summed E-state index contributed by atoms with van der Waals surface area (Å²) >= 11 is 0. The van der Waals surface area contributed by atoms with Crippen molar-refractivity contribution in [3.05, 3.63) is 193 Å². The van der Waals surface area contributed by atoms with Crippen LogP contribution < -0.4 is 20.9 Å². The topological polar surface area (TPSA) is 58.3 Å². The van der Waals surface area contributed by atoms with Gasteiger partial charge in [-0.2, -0.15) is 4.58 Å². The molecule has 2 heterocycles. The van der Waals surface area contributed by atoms with Gasteiger partial charge in [-0.25, -0.2) is 0 Å². The average Bonchev–Trinajstić information content (AvgIpc) is 3.45. The Labute approximate surface area is 289 Å². The molecule has 1 atom stereocenters. The van der Waals surface area contributed by atoms with E-state index in [1.165, 1.54) is 11.1 Å². The van der Waals surface area contributed by atoms with Gasteiger partial charge in [-0.15, -0.1) is 0 Å². The van der Waals surface area contributed by atoms with Gasteiger partial charge in [-0.1, -0.05) is 97.6 Å². The molecule has 0 saturated heterocycles. The third-order valence-corrected chi connectivity index (χ3v) is 8.95. The minimum Gasteiger partial charge on any atom is -0.398 e. The number of anilines is 2. The molecule has 5 aromatic rings. The lowest BCUT2D eigenvalue weighted by molar-refractivity contribution is 0.979. The van der Waals surface area contributed by atoms with Gasteiger partial charge in [0.25, 0.3) is 0 Å². The smallest absolute Gasteiger partial charge is 0.219 e. The highest BCUT2D eigenvalue weighted by Gasteiger charge is 2.31. The third kappa shape index (κ3) is 6.38. The number of nitrogens with zero attached hydrogens (tertiary/aromatic N) is 2. The van der Waals surface area contributed by atoms with E-state index in [1.54, 1.807) is 0 Å². The van der Waals surface area contributed by atoms with Crippen LogP contribution in [0.15, 0.2) is 182 Å². The first-order chi connectivity index (χ1) is 24.0. The second-order valence-corrected chi connectivity index (χ2v) is 12.1. The lowest BCUT2D eigenvalue weighted by Crippen LogP contribution is -2.21. The van der Waals surface area contributed by atoms with Gasteiger partial charge < -0.3 is 16.4 Å². The largest absolute Gasteiger partial charge is 0.398 e. The van der Waals surface area contributed by atoms with Crippen LogP contribution in [0.2, 0.25) is 0 Å². The second-order valence-electron chi connectivity index (χ2n) is 12.1. The molecule has 0 amide bonds. The molecule has 4 nitrogen and oxygen atoms in total. The second kappa shape index (κ2) is 13.9. The van der Waals surface area contributed by atoms with Crippen LogP contribution in [0.25, 0.3) is 33.5 Å². The summed E-state index contributed by atoms with van der Waals surface area (Å²) < 4.78 is 2.24. The fraction of sp³-hybridized carbons (Fsp3) is 0.0444. The SMILES string of the molecule is C=C1/C=C\C=C/N(c2ccccc2)c2ccc(-c3ccc4c(c3)-c3ccccc3[N+]4=C/C=C(\C=C/C)C(N)/C=C(\N)c3ccccc3)cc21. The van der Waals surface area contributed by atoms with Gasteiger partial charge in [0.15, 0.2) is 6.21 Å². The number of nitrogens with two attached hydrogens (primary N) is 2. The van der Waals surface area contributed by atoms with Crippen LogP contribution in [0.3, 0.4) is 0 Å². The first-order valence-electron chi connectivity index (χ1n) is 16.5. The van der Waals surface area contributed by atoms with Gasteiger partial charge in [-0.05, 0) is 89.4 Å². The predicted molar refractivity (Wildman–Crippen MR) is 210 cm³/mol. The fourth-order valence-corrected chi connectivity index (χ4v) is 6.46. The number of hydrogen-bond donors (Lipinski definition) is 2. The lowest BCUT2D eigenvalue weighted by Gasteiger charge is -2.25. The van der Waals surface area contributed by atoms with E-state index in [4.69, 9.17) is 11.5 Å². The van der Waals surface area contributed by atoms with E-state index in [0.29, 0.717) is 5.70 Å². The molecule has 2 aliphatic heterocycles. The Hall–Kier alpha value is -6.23. The highest BCUT2D eigenvalue weighted by atomic mass is 15.1. The Balaban J connectivity index is 1.26. The Bertz CT molecular complexity index is 2220. The number of benzene rings is 5. The van der Waals surface area contributed by atoms with E-state index >= 15 is 0 Å². The maximum absolute atomic E-state index is 6.69. The highest BCUT2D eigenvalue weighted by molar-refractivity contribution is 5.99. The number of rotatable bonds is 7. The summed E-state index contributed by atoms with van der Waals surface area (Å²) in [7, 11) is 0. The Morgan fingerprint density at radius 3 is 2.20 bits per heavy atom. The lowest BCUT2D eigenvalue weighted by atomic mass is 9.94. The normalized spacial score (nSPS) is 16.9. The van der Waals surface area contributed by atoms with Crippen LogP contribution in [-0.4, -0.2) is 12.3 Å². The van der Waals surface area contributed by atoms with Crippen LogP contribution in [0, 0.1) is 0 Å². The summed E-state index contributed by atoms with van der Waals surface area (Å²) in [6.45, 7) is 6.42. The number of para-hydroxylation sites is 2. The monoisotopic (exact) mass is 635 g/mol. The summed E-state index contributed by atoms with van der Waals surface area (Å²) in [5.74, 6) is 0. The van der Waals surface area contributed by atoms with Gasteiger partial charge in [0.2, 0.25) is 11.4 Å². The Kier molecular flexibility index (Phi) is 8.88. The van der Waals surface area contributed by atoms with Gasteiger partial charge >= 0.3 is 0 Å². The molecule has 49 heavy (non-hydrogen) atoms. The summed E-state index contributed by atoms with van der Waals surface area (Å²) in [4.78, 5) is 2.22. The maximum atomic E-state index is 6.69. The standard InChI is InChI=1S/C45H39N4/c1-3-14-33(41(46)31-42(47)34-16-6-4-7-17-34)26-28-49-43-21-11-10-20-38(43)40-30-36(23-25-45(40)49)35-22-24-44-39(29-35)32(2)15-12-13-27-48(44)37-18-8-5-9-19-37/h3-31,41H,2,46-47H2,1H3/q+1/b14-3-,15-12-,27-13-,33-26+,42-31-,49-28?. The zero-order chi connectivity index (χ0) is 33.7. The summed E-state index contributed by atoms with van der Waals surface area (Å²) in [5, 5.41) is 0. The molecule has 0 fully saturated rings. The number of fused-ring (bicyclic) bond motifs is 4.